The highest BCUT2D eigenvalue weighted by Crippen LogP contribution is 2.30. The van der Waals surface area contributed by atoms with Gasteiger partial charge in [0.1, 0.15) is 0 Å². The van der Waals surface area contributed by atoms with E-state index >= 15 is 0 Å². The zero-order valence-corrected chi connectivity index (χ0v) is 12.9. The van der Waals surface area contributed by atoms with Crippen LogP contribution in [-0.2, 0) is 10.0 Å². The Morgan fingerprint density at radius 1 is 1.10 bits per heavy atom. The van der Waals surface area contributed by atoms with Crippen molar-refractivity contribution in [2.45, 2.75) is 12.8 Å². The van der Waals surface area contributed by atoms with Crippen LogP contribution in [0.25, 0.3) is 0 Å². The van der Waals surface area contributed by atoms with Gasteiger partial charge in [-0.25, -0.2) is 8.42 Å². The van der Waals surface area contributed by atoms with E-state index in [0.29, 0.717) is 23.6 Å². The fourth-order valence-corrected chi connectivity index (χ4v) is 2.90. The van der Waals surface area contributed by atoms with E-state index in [9.17, 15) is 8.42 Å². The first-order valence-corrected chi connectivity index (χ1v) is 8.04. The van der Waals surface area contributed by atoms with Gasteiger partial charge in [-0.15, -0.1) is 0 Å². The second kappa shape index (κ2) is 7.96. The number of hydrogen-bond acceptors (Lipinski definition) is 5. The van der Waals surface area contributed by atoms with Crippen molar-refractivity contribution >= 4 is 15.7 Å². The van der Waals surface area contributed by atoms with Gasteiger partial charge in [0.05, 0.1) is 25.7 Å². The molecule has 1 aromatic rings. The summed E-state index contributed by atoms with van der Waals surface area (Å²) in [6.45, 7) is 0.811. The van der Waals surface area contributed by atoms with Crippen LogP contribution < -0.4 is 19.5 Å². The summed E-state index contributed by atoms with van der Waals surface area (Å²) in [4.78, 5) is 0. The molecule has 0 fully saturated rings. The van der Waals surface area contributed by atoms with E-state index in [0.717, 1.165) is 13.0 Å². The first-order valence-electron chi connectivity index (χ1n) is 6.39. The number of ether oxygens (including phenoxy) is 2. The number of rotatable bonds is 9. The van der Waals surface area contributed by atoms with Gasteiger partial charge in [0.2, 0.25) is 10.0 Å². The van der Waals surface area contributed by atoms with E-state index in [1.54, 1.807) is 18.2 Å². The molecule has 0 atom stereocenters. The number of benzene rings is 1. The Kier molecular flexibility index (Phi) is 6.60. The maximum absolute atomic E-state index is 11.9. The second-order valence-electron chi connectivity index (χ2n) is 4.30. The van der Waals surface area contributed by atoms with Crippen molar-refractivity contribution in [3.05, 3.63) is 18.2 Å². The van der Waals surface area contributed by atoms with Crippen LogP contribution in [0.5, 0.6) is 11.5 Å². The molecule has 0 spiro atoms. The van der Waals surface area contributed by atoms with Crippen LogP contribution in [0.1, 0.15) is 12.8 Å². The first kappa shape index (κ1) is 16.6. The van der Waals surface area contributed by atoms with E-state index < -0.39 is 10.0 Å². The Hall–Kier alpha value is -1.47. The Morgan fingerprint density at radius 2 is 1.80 bits per heavy atom. The van der Waals surface area contributed by atoms with Crippen molar-refractivity contribution in [3.8, 4) is 11.5 Å². The summed E-state index contributed by atoms with van der Waals surface area (Å²) in [5.41, 5.74) is 0.469. The Labute approximate surface area is 120 Å². The summed E-state index contributed by atoms with van der Waals surface area (Å²) < 4.78 is 36.6. The summed E-state index contributed by atoms with van der Waals surface area (Å²) >= 11 is 0. The van der Waals surface area contributed by atoms with Crippen molar-refractivity contribution in [2.24, 2.45) is 0 Å². The molecular weight excluding hydrogens is 280 g/mol. The smallest absolute Gasteiger partial charge is 0.232 e. The van der Waals surface area contributed by atoms with Crippen LogP contribution in [0.4, 0.5) is 5.69 Å². The number of anilines is 1. The van der Waals surface area contributed by atoms with Crippen LogP contribution in [0.3, 0.4) is 0 Å². The molecule has 0 saturated carbocycles. The lowest BCUT2D eigenvalue weighted by Crippen LogP contribution is -2.18. The summed E-state index contributed by atoms with van der Waals surface area (Å²) in [6, 6.07) is 4.91. The molecule has 0 bridgehead atoms. The molecule has 0 aliphatic heterocycles. The number of methoxy groups -OCH3 is 2. The molecule has 0 saturated heterocycles. The number of unbranched alkanes of at least 4 members (excludes halogenated alkanes) is 1. The fourth-order valence-electron chi connectivity index (χ4n) is 1.72. The molecular formula is C13H22N2O4S. The van der Waals surface area contributed by atoms with Gasteiger partial charge in [0.15, 0.2) is 11.5 Å². The second-order valence-corrected chi connectivity index (χ2v) is 6.14. The third-order valence-corrected chi connectivity index (χ3v) is 4.12. The monoisotopic (exact) mass is 302 g/mol. The van der Waals surface area contributed by atoms with Crippen LogP contribution in [0.15, 0.2) is 18.2 Å². The van der Waals surface area contributed by atoms with Gasteiger partial charge in [0.25, 0.3) is 0 Å². The van der Waals surface area contributed by atoms with Gasteiger partial charge >= 0.3 is 0 Å². The molecule has 6 nitrogen and oxygen atoms in total. The van der Waals surface area contributed by atoms with Crippen molar-refractivity contribution in [1.29, 1.82) is 0 Å². The van der Waals surface area contributed by atoms with E-state index in [1.807, 2.05) is 7.05 Å². The van der Waals surface area contributed by atoms with Crippen molar-refractivity contribution in [1.82, 2.24) is 5.32 Å². The Balaban J connectivity index is 2.67. The molecule has 0 amide bonds. The zero-order valence-electron chi connectivity index (χ0n) is 12.1. The summed E-state index contributed by atoms with van der Waals surface area (Å²) in [5, 5.41) is 2.99. The third-order valence-electron chi connectivity index (χ3n) is 2.75. The lowest BCUT2D eigenvalue weighted by Gasteiger charge is -2.11. The Bertz CT molecular complexity index is 517. The lowest BCUT2D eigenvalue weighted by molar-refractivity contribution is 0.355. The van der Waals surface area contributed by atoms with Crippen molar-refractivity contribution in [2.75, 3.05) is 38.3 Å². The minimum atomic E-state index is -3.33. The van der Waals surface area contributed by atoms with Crippen LogP contribution in [0.2, 0.25) is 0 Å². The number of hydrogen-bond donors (Lipinski definition) is 2. The average molecular weight is 302 g/mol. The van der Waals surface area contributed by atoms with Gasteiger partial charge < -0.3 is 14.8 Å². The third kappa shape index (κ3) is 5.26. The highest BCUT2D eigenvalue weighted by molar-refractivity contribution is 7.92. The molecule has 20 heavy (non-hydrogen) atoms. The summed E-state index contributed by atoms with van der Waals surface area (Å²) in [6.07, 6.45) is 1.44. The quantitative estimate of drug-likeness (QED) is 0.675. The average Bonchev–Trinajstić information content (AvgIpc) is 2.43. The van der Waals surface area contributed by atoms with Crippen molar-refractivity contribution < 1.29 is 17.9 Å². The number of sulfonamides is 1. The SMILES string of the molecule is CNCCCCS(=O)(=O)Nc1ccc(OC)c(OC)c1. The first-order chi connectivity index (χ1) is 9.52. The van der Waals surface area contributed by atoms with Gasteiger partial charge in [-0.3, -0.25) is 4.72 Å². The van der Waals surface area contributed by atoms with Gasteiger partial charge in [0, 0.05) is 6.07 Å². The highest BCUT2D eigenvalue weighted by Gasteiger charge is 2.12. The minimum absolute atomic E-state index is 0.100. The normalized spacial score (nSPS) is 11.2. The molecule has 0 heterocycles. The Morgan fingerprint density at radius 3 is 2.40 bits per heavy atom. The molecule has 0 aromatic heterocycles. The van der Waals surface area contributed by atoms with Gasteiger partial charge in [-0.2, -0.15) is 0 Å². The van der Waals surface area contributed by atoms with Crippen LogP contribution in [-0.4, -0.2) is 42.0 Å². The maximum atomic E-state index is 11.9. The predicted octanol–water partition coefficient (Wildman–Crippen LogP) is 1.45. The number of nitrogens with one attached hydrogen (secondary N) is 2. The maximum Gasteiger partial charge on any atom is 0.232 e. The molecule has 114 valence electrons. The fraction of sp³-hybridized carbons (Fsp3) is 0.538. The highest BCUT2D eigenvalue weighted by atomic mass is 32.2. The molecule has 1 aromatic carbocycles. The van der Waals surface area contributed by atoms with E-state index in [2.05, 4.69) is 10.0 Å². The molecule has 7 heteroatoms. The van der Waals surface area contributed by atoms with Crippen LogP contribution in [0, 0.1) is 0 Å². The van der Waals surface area contributed by atoms with Gasteiger partial charge in [-0.05, 0) is 38.6 Å². The topological polar surface area (TPSA) is 76.7 Å². The predicted molar refractivity (Wildman–Crippen MR) is 80.1 cm³/mol. The standard InChI is InChI=1S/C13H22N2O4S/c1-14-8-4-5-9-20(16,17)15-11-6-7-12(18-2)13(10-11)19-3/h6-7,10,14-15H,4-5,8-9H2,1-3H3. The van der Waals surface area contributed by atoms with Crippen LogP contribution >= 0.6 is 0 Å². The zero-order chi connectivity index (χ0) is 15.0. The molecule has 0 aliphatic carbocycles. The molecule has 0 unspecified atom stereocenters. The molecule has 2 N–H and O–H groups in total. The van der Waals surface area contributed by atoms with E-state index in [-0.39, 0.29) is 5.75 Å². The molecule has 0 radical (unpaired) electrons. The molecule has 1 rings (SSSR count). The minimum Gasteiger partial charge on any atom is -0.493 e. The van der Waals surface area contributed by atoms with Gasteiger partial charge in [-0.1, -0.05) is 0 Å². The summed E-state index contributed by atoms with van der Waals surface area (Å²) in [5.74, 6) is 1.15. The summed E-state index contributed by atoms with van der Waals surface area (Å²) in [7, 11) is 1.55. The molecule has 0 aliphatic rings. The lowest BCUT2D eigenvalue weighted by atomic mass is 10.3. The largest absolute Gasteiger partial charge is 0.493 e. The van der Waals surface area contributed by atoms with E-state index in [4.69, 9.17) is 9.47 Å². The van der Waals surface area contributed by atoms with E-state index in [1.165, 1.54) is 14.2 Å². The van der Waals surface area contributed by atoms with Crippen molar-refractivity contribution in [3.63, 3.8) is 0 Å².